The minimum absolute atomic E-state index is 0.921. The third kappa shape index (κ3) is 7.35. The molecule has 0 radical (unpaired) electrons. The van der Waals surface area contributed by atoms with E-state index >= 15 is 0 Å². The summed E-state index contributed by atoms with van der Waals surface area (Å²) in [5, 5.41) is 6.80. The molecular weight excluding hydrogens is 414 g/mol. The Hall–Kier alpha value is -4.37. The van der Waals surface area contributed by atoms with Gasteiger partial charge in [0, 0.05) is 22.7 Å². The van der Waals surface area contributed by atoms with E-state index in [1.807, 2.05) is 78.9 Å². The smallest absolute Gasteiger partial charge is 0.0638 e. The second-order valence-electron chi connectivity index (χ2n) is 7.95. The van der Waals surface area contributed by atoms with Gasteiger partial charge in [-0.1, -0.05) is 61.2 Å². The van der Waals surface area contributed by atoms with Crippen LogP contribution in [-0.4, -0.2) is 5.71 Å². The molecule has 3 aromatic carbocycles. The number of anilines is 4. The van der Waals surface area contributed by atoms with E-state index in [9.17, 15) is 0 Å². The minimum Gasteiger partial charge on any atom is -0.356 e. The molecule has 0 aliphatic heterocycles. The van der Waals surface area contributed by atoms with Crippen LogP contribution in [0, 0.1) is 0 Å². The predicted octanol–water partition coefficient (Wildman–Crippen LogP) is 8.82. The molecule has 0 unspecified atom stereocenters. The first-order valence-corrected chi connectivity index (χ1v) is 11.5. The van der Waals surface area contributed by atoms with Crippen LogP contribution in [0.25, 0.3) is 0 Å². The van der Waals surface area contributed by atoms with Gasteiger partial charge in [-0.2, -0.15) is 0 Å². The lowest BCUT2D eigenvalue weighted by Crippen LogP contribution is -1.93. The topological polar surface area (TPSA) is 36.4 Å². The number of hydrogen-bond donors (Lipinski definition) is 2. The van der Waals surface area contributed by atoms with Gasteiger partial charge in [0.05, 0.1) is 11.4 Å². The molecule has 0 amide bonds. The quantitative estimate of drug-likeness (QED) is 0.413. The summed E-state index contributed by atoms with van der Waals surface area (Å²) in [6.45, 7) is 3.89. The summed E-state index contributed by atoms with van der Waals surface area (Å²) in [4.78, 5) is 4.62. The number of aliphatic imine (C=N–C) groups is 1. The predicted molar refractivity (Wildman–Crippen MR) is 148 cm³/mol. The number of nitrogens with one attached hydrogen (secondary N) is 2. The molecule has 3 aromatic rings. The molecule has 3 nitrogen and oxygen atoms in total. The van der Waals surface area contributed by atoms with Gasteiger partial charge in [0.2, 0.25) is 0 Å². The van der Waals surface area contributed by atoms with Gasteiger partial charge in [0.25, 0.3) is 0 Å². The van der Waals surface area contributed by atoms with E-state index in [0.717, 1.165) is 39.7 Å². The third-order valence-electron chi connectivity index (χ3n) is 5.18. The molecule has 5 rings (SSSR count). The van der Waals surface area contributed by atoms with Crippen LogP contribution in [0.2, 0.25) is 0 Å². The van der Waals surface area contributed by atoms with Gasteiger partial charge in [0.1, 0.15) is 0 Å². The highest BCUT2D eigenvalue weighted by Gasteiger charge is 1.99. The first-order valence-electron chi connectivity index (χ1n) is 11.5. The highest BCUT2D eigenvalue weighted by molar-refractivity contribution is 6.07. The maximum atomic E-state index is 4.62. The molecular formula is C31H29N3. The first kappa shape index (κ1) is 22.8. The van der Waals surface area contributed by atoms with Crippen molar-refractivity contribution in [2.45, 2.75) is 12.8 Å². The van der Waals surface area contributed by atoms with Gasteiger partial charge in [0.15, 0.2) is 0 Å². The first-order chi connectivity index (χ1) is 16.7. The molecule has 0 aromatic heterocycles. The fourth-order valence-electron chi connectivity index (χ4n) is 3.37. The SMILES string of the molecule is C1=CCCC=C1.C=C1C=CC(=Nc2ccc(Nc3ccc(Nc4ccccc4)cc3)cc2)C=C1. The summed E-state index contributed by atoms with van der Waals surface area (Å²) >= 11 is 0. The zero-order valence-electron chi connectivity index (χ0n) is 19.2. The van der Waals surface area contributed by atoms with Gasteiger partial charge < -0.3 is 10.6 Å². The molecule has 2 N–H and O–H groups in total. The number of rotatable bonds is 5. The van der Waals surface area contributed by atoms with Crippen molar-refractivity contribution in [1.29, 1.82) is 0 Å². The van der Waals surface area contributed by atoms with Crippen LogP contribution in [0.1, 0.15) is 12.8 Å². The Bertz CT molecular complexity index is 1200. The zero-order chi connectivity index (χ0) is 23.4. The van der Waals surface area contributed by atoms with E-state index in [1.165, 1.54) is 12.8 Å². The summed E-state index contributed by atoms with van der Waals surface area (Å²) in [5.74, 6) is 0. The molecule has 0 spiro atoms. The van der Waals surface area contributed by atoms with Crippen molar-refractivity contribution in [3.05, 3.63) is 140 Å². The van der Waals surface area contributed by atoms with E-state index in [4.69, 9.17) is 0 Å². The second kappa shape index (κ2) is 12.0. The molecule has 168 valence electrons. The Morgan fingerprint density at radius 2 is 1.03 bits per heavy atom. The molecule has 3 heteroatoms. The van der Waals surface area contributed by atoms with E-state index in [2.05, 4.69) is 70.8 Å². The molecule has 0 saturated heterocycles. The van der Waals surface area contributed by atoms with E-state index < -0.39 is 0 Å². The molecule has 0 heterocycles. The number of allylic oxidation sites excluding steroid dienone is 9. The van der Waals surface area contributed by atoms with Crippen molar-refractivity contribution in [3.63, 3.8) is 0 Å². The van der Waals surface area contributed by atoms with Gasteiger partial charge in [-0.05, 0) is 91.2 Å². The molecule has 0 fully saturated rings. The lowest BCUT2D eigenvalue weighted by molar-refractivity contribution is 1.04. The Morgan fingerprint density at radius 1 is 0.559 bits per heavy atom. The third-order valence-corrected chi connectivity index (χ3v) is 5.18. The van der Waals surface area contributed by atoms with Gasteiger partial charge >= 0.3 is 0 Å². The Morgan fingerprint density at radius 3 is 1.50 bits per heavy atom. The van der Waals surface area contributed by atoms with Crippen molar-refractivity contribution in [2.24, 2.45) is 4.99 Å². The fraction of sp³-hybridized carbons (Fsp3) is 0.0645. The van der Waals surface area contributed by atoms with Crippen molar-refractivity contribution >= 4 is 34.1 Å². The van der Waals surface area contributed by atoms with Crippen LogP contribution >= 0.6 is 0 Å². The Kier molecular flexibility index (Phi) is 8.07. The second-order valence-corrected chi connectivity index (χ2v) is 7.95. The van der Waals surface area contributed by atoms with E-state index in [-0.39, 0.29) is 0 Å². The average Bonchev–Trinajstić information content (AvgIpc) is 2.90. The zero-order valence-corrected chi connectivity index (χ0v) is 19.2. The average molecular weight is 444 g/mol. The van der Waals surface area contributed by atoms with Crippen LogP contribution in [0.4, 0.5) is 28.4 Å². The van der Waals surface area contributed by atoms with Gasteiger partial charge in [-0.25, -0.2) is 4.99 Å². The van der Waals surface area contributed by atoms with Crippen LogP contribution in [0.5, 0.6) is 0 Å². The number of nitrogens with zero attached hydrogens (tertiary/aromatic N) is 1. The fourth-order valence-corrected chi connectivity index (χ4v) is 3.37. The monoisotopic (exact) mass is 443 g/mol. The largest absolute Gasteiger partial charge is 0.356 e. The van der Waals surface area contributed by atoms with Crippen LogP contribution in [-0.2, 0) is 0 Å². The molecule has 34 heavy (non-hydrogen) atoms. The summed E-state index contributed by atoms with van der Waals surface area (Å²) < 4.78 is 0. The molecule has 2 aliphatic rings. The van der Waals surface area contributed by atoms with Crippen LogP contribution in [0.3, 0.4) is 0 Å². The maximum Gasteiger partial charge on any atom is 0.0638 e. The summed E-state index contributed by atoms with van der Waals surface area (Å²) in [7, 11) is 0. The highest BCUT2D eigenvalue weighted by Crippen LogP contribution is 2.23. The lowest BCUT2D eigenvalue weighted by atomic mass is 10.1. The lowest BCUT2D eigenvalue weighted by Gasteiger charge is -2.10. The summed E-state index contributed by atoms with van der Waals surface area (Å²) in [6, 6.07) is 26.5. The summed E-state index contributed by atoms with van der Waals surface area (Å²) in [6.07, 6.45) is 18.9. The van der Waals surface area contributed by atoms with Gasteiger partial charge in [-0.3, -0.25) is 0 Å². The number of para-hydroxylation sites is 1. The molecule has 0 atom stereocenters. The molecule has 2 aliphatic carbocycles. The van der Waals surface area contributed by atoms with Crippen molar-refractivity contribution in [2.75, 3.05) is 10.6 Å². The number of hydrogen-bond acceptors (Lipinski definition) is 3. The van der Waals surface area contributed by atoms with Crippen LogP contribution in [0.15, 0.2) is 145 Å². The standard InChI is InChI=1S/C25H21N3.C6H8/c1-19-7-9-21(10-8-19)27-23-15-17-25(18-16-23)28-24-13-11-22(12-14-24)26-20-5-3-2-4-6-20;1-2-4-6-5-3-1/h2-18,26,28H,1H2;1-4H,5-6H2. The maximum absolute atomic E-state index is 4.62. The van der Waals surface area contributed by atoms with Crippen molar-refractivity contribution in [3.8, 4) is 0 Å². The van der Waals surface area contributed by atoms with Crippen molar-refractivity contribution in [1.82, 2.24) is 0 Å². The number of benzene rings is 3. The minimum atomic E-state index is 0.921. The van der Waals surface area contributed by atoms with Crippen molar-refractivity contribution < 1.29 is 0 Å². The molecule has 0 bridgehead atoms. The highest BCUT2D eigenvalue weighted by atomic mass is 14.9. The summed E-state index contributed by atoms with van der Waals surface area (Å²) in [5.41, 5.74) is 7.03. The Labute approximate surface area is 202 Å². The van der Waals surface area contributed by atoms with Crippen LogP contribution < -0.4 is 10.6 Å². The van der Waals surface area contributed by atoms with Gasteiger partial charge in [-0.15, -0.1) is 0 Å². The Balaban J connectivity index is 0.000000398. The van der Waals surface area contributed by atoms with E-state index in [0.29, 0.717) is 0 Å². The normalized spacial score (nSPS) is 13.8. The molecule has 0 saturated carbocycles. The van der Waals surface area contributed by atoms with E-state index in [1.54, 1.807) is 0 Å².